The molecule has 0 fully saturated rings. The van der Waals surface area contributed by atoms with Crippen molar-refractivity contribution in [2.45, 2.75) is 44.1 Å². The monoisotopic (exact) mass is 368 g/mol. The highest BCUT2D eigenvalue weighted by atomic mass is 32.2. The van der Waals surface area contributed by atoms with Gasteiger partial charge in [-0.2, -0.15) is 0 Å². The number of anilines is 2. The third-order valence-electron chi connectivity index (χ3n) is 3.24. The molecular weight excluding hydrogens is 347 g/mol. The maximum atomic E-state index is 13.6. The summed E-state index contributed by atoms with van der Waals surface area (Å²) in [5.74, 6) is 0.0374. The molecule has 0 spiro atoms. The molecule has 0 aliphatic rings. The van der Waals surface area contributed by atoms with E-state index in [0.717, 1.165) is 0 Å². The summed E-state index contributed by atoms with van der Waals surface area (Å²) in [6.07, 6.45) is 0. The van der Waals surface area contributed by atoms with E-state index in [0.29, 0.717) is 20.9 Å². The maximum absolute atomic E-state index is 13.6. The first-order valence-electron chi connectivity index (χ1n) is 7.67. The summed E-state index contributed by atoms with van der Waals surface area (Å²) >= 11 is 2.65. The summed E-state index contributed by atoms with van der Waals surface area (Å²) in [5, 5.41) is 11.4. The fourth-order valence-electron chi connectivity index (χ4n) is 2.37. The smallest absolute Gasteiger partial charge is 0.233 e. The standard InChI is InChI=1S/C16H21FN4OS2/c1-10(2)21(11(3)4)14(22)9-23-16-20-19-15(24-16)18-13-8-6-5-7-12(13)17/h5-8,10-11H,9H2,1-4H3,(H,18,19). The van der Waals surface area contributed by atoms with E-state index in [1.54, 1.807) is 18.2 Å². The van der Waals surface area contributed by atoms with Crippen LogP contribution < -0.4 is 5.32 Å². The Balaban J connectivity index is 1.94. The molecule has 0 unspecified atom stereocenters. The molecule has 0 aliphatic carbocycles. The number of para-hydroxylation sites is 1. The normalized spacial score (nSPS) is 11.1. The van der Waals surface area contributed by atoms with Gasteiger partial charge in [-0.25, -0.2) is 4.39 Å². The molecule has 0 radical (unpaired) electrons. The molecule has 2 aromatic rings. The third-order valence-corrected chi connectivity index (χ3v) is 5.20. The number of thioether (sulfide) groups is 1. The van der Waals surface area contributed by atoms with Crippen molar-refractivity contribution in [2.24, 2.45) is 0 Å². The van der Waals surface area contributed by atoms with Crippen LogP contribution >= 0.6 is 23.1 Å². The Morgan fingerprint density at radius 1 is 1.25 bits per heavy atom. The summed E-state index contributed by atoms with van der Waals surface area (Å²) in [7, 11) is 0. The number of benzene rings is 1. The average molecular weight is 369 g/mol. The van der Waals surface area contributed by atoms with Crippen LogP contribution in [0.5, 0.6) is 0 Å². The molecule has 1 aromatic heterocycles. The van der Waals surface area contributed by atoms with E-state index in [9.17, 15) is 9.18 Å². The van der Waals surface area contributed by atoms with Gasteiger partial charge in [-0.15, -0.1) is 10.2 Å². The van der Waals surface area contributed by atoms with Crippen molar-refractivity contribution < 1.29 is 9.18 Å². The molecule has 1 N–H and O–H groups in total. The van der Waals surface area contributed by atoms with Gasteiger partial charge in [0.25, 0.3) is 0 Å². The number of hydrogen-bond donors (Lipinski definition) is 1. The molecule has 2 rings (SSSR count). The number of nitrogens with one attached hydrogen (secondary N) is 1. The first-order valence-corrected chi connectivity index (χ1v) is 9.47. The van der Waals surface area contributed by atoms with Gasteiger partial charge in [-0.05, 0) is 39.8 Å². The zero-order valence-electron chi connectivity index (χ0n) is 14.1. The van der Waals surface area contributed by atoms with Gasteiger partial charge in [-0.1, -0.05) is 35.2 Å². The van der Waals surface area contributed by atoms with Crippen LogP contribution in [0.2, 0.25) is 0 Å². The van der Waals surface area contributed by atoms with E-state index in [2.05, 4.69) is 15.5 Å². The SMILES string of the molecule is CC(C)N(C(=O)CSc1nnc(Nc2ccccc2F)s1)C(C)C. The zero-order chi connectivity index (χ0) is 17.7. The van der Waals surface area contributed by atoms with Crippen LogP contribution in [0, 0.1) is 5.82 Å². The van der Waals surface area contributed by atoms with E-state index in [1.165, 1.54) is 29.2 Å². The topological polar surface area (TPSA) is 58.1 Å². The predicted octanol–water partition coefficient (Wildman–Crippen LogP) is 4.16. The number of carbonyl (C=O) groups is 1. The van der Waals surface area contributed by atoms with E-state index < -0.39 is 0 Å². The van der Waals surface area contributed by atoms with E-state index in [4.69, 9.17) is 0 Å². The summed E-state index contributed by atoms with van der Waals surface area (Å²) in [6, 6.07) is 6.70. The van der Waals surface area contributed by atoms with Crippen molar-refractivity contribution in [2.75, 3.05) is 11.1 Å². The first kappa shape index (κ1) is 18.7. The second-order valence-electron chi connectivity index (χ2n) is 5.76. The number of amides is 1. The van der Waals surface area contributed by atoms with E-state index in [-0.39, 0.29) is 23.8 Å². The fraction of sp³-hybridized carbons (Fsp3) is 0.438. The fourth-order valence-corrected chi connectivity index (χ4v) is 4.00. The van der Waals surface area contributed by atoms with Crippen molar-refractivity contribution in [3.63, 3.8) is 0 Å². The highest BCUT2D eigenvalue weighted by Crippen LogP contribution is 2.28. The van der Waals surface area contributed by atoms with Gasteiger partial charge in [0, 0.05) is 12.1 Å². The van der Waals surface area contributed by atoms with Crippen LogP contribution in [-0.4, -0.2) is 38.8 Å². The van der Waals surface area contributed by atoms with Crippen molar-refractivity contribution in [3.05, 3.63) is 30.1 Å². The predicted molar refractivity (Wildman–Crippen MR) is 97.4 cm³/mol. The minimum atomic E-state index is -0.346. The van der Waals surface area contributed by atoms with Crippen molar-refractivity contribution in [1.29, 1.82) is 0 Å². The lowest BCUT2D eigenvalue weighted by molar-refractivity contribution is -0.131. The van der Waals surface area contributed by atoms with Gasteiger partial charge in [0.05, 0.1) is 11.4 Å². The number of carbonyl (C=O) groups excluding carboxylic acids is 1. The van der Waals surface area contributed by atoms with Crippen LogP contribution in [0.15, 0.2) is 28.6 Å². The number of aromatic nitrogens is 2. The minimum absolute atomic E-state index is 0.0730. The van der Waals surface area contributed by atoms with E-state index in [1.807, 2.05) is 32.6 Å². The Morgan fingerprint density at radius 2 is 1.92 bits per heavy atom. The summed E-state index contributed by atoms with van der Waals surface area (Å²) in [4.78, 5) is 14.2. The second kappa shape index (κ2) is 8.43. The molecule has 0 saturated carbocycles. The van der Waals surface area contributed by atoms with Crippen molar-refractivity contribution in [1.82, 2.24) is 15.1 Å². The quantitative estimate of drug-likeness (QED) is 0.744. The van der Waals surface area contributed by atoms with Crippen molar-refractivity contribution in [3.8, 4) is 0 Å². The maximum Gasteiger partial charge on any atom is 0.233 e. The van der Waals surface area contributed by atoms with Crippen LogP contribution in [0.25, 0.3) is 0 Å². The Labute approximate surface area is 149 Å². The highest BCUT2D eigenvalue weighted by Gasteiger charge is 2.20. The van der Waals surface area contributed by atoms with E-state index >= 15 is 0 Å². The summed E-state index contributed by atoms with van der Waals surface area (Å²) in [6.45, 7) is 8.02. The molecule has 130 valence electrons. The highest BCUT2D eigenvalue weighted by molar-refractivity contribution is 8.01. The van der Waals surface area contributed by atoms with Crippen molar-refractivity contribution >= 4 is 39.8 Å². The number of rotatable bonds is 7. The third kappa shape index (κ3) is 4.91. The minimum Gasteiger partial charge on any atom is -0.337 e. The number of halogens is 1. The molecule has 24 heavy (non-hydrogen) atoms. The number of nitrogens with zero attached hydrogens (tertiary/aromatic N) is 3. The Bertz CT molecular complexity index is 682. The molecular formula is C16H21FN4OS2. The molecule has 0 atom stereocenters. The molecule has 0 bridgehead atoms. The Hall–Kier alpha value is -1.67. The Morgan fingerprint density at radius 3 is 2.54 bits per heavy atom. The lowest BCUT2D eigenvalue weighted by atomic mass is 10.2. The van der Waals surface area contributed by atoms with Gasteiger partial charge in [-0.3, -0.25) is 4.79 Å². The average Bonchev–Trinajstić information content (AvgIpc) is 2.94. The molecule has 1 aromatic carbocycles. The molecule has 0 aliphatic heterocycles. The second-order valence-corrected chi connectivity index (χ2v) is 7.96. The van der Waals surface area contributed by atoms with Crippen LogP contribution in [0.1, 0.15) is 27.7 Å². The zero-order valence-corrected chi connectivity index (χ0v) is 15.7. The van der Waals surface area contributed by atoms with Gasteiger partial charge in [0.1, 0.15) is 5.82 Å². The van der Waals surface area contributed by atoms with Gasteiger partial charge >= 0.3 is 0 Å². The van der Waals surface area contributed by atoms with Gasteiger partial charge < -0.3 is 10.2 Å². The van der Waals surface area contributed by atoms with Crippen LogP contribution in [-0.2, 0) is 4.79 Å². The van der Waals surface area contributed by atoms with Crippen LogP contribution in [0.4, 0.5) is 15.2 Å². The van der Waals surface area contributed by atoms with Crippen LogP contribution in [0.3, 0.4) is 0 Å². The summed E-state index contributed by atoms with van der Waals surface area (Å²) in [5.41, 5.74) is 0.354. The first-order chi connectivity index (χ1) is 11.4. The lowest BCUT2D eigenvalue weighted by Gasteiger charge is -2.30. The molecule has 8 heteroatoms. The van der Waals surface area contributed by atoms with Gasteiger partial charge in [0.15, 0.2) is 4.34 Å². The van der Waals surface area contributed by atoms with Gasteiger partial charge in [0.2, 0.25) is 11.0 Å². The summed E-state index contributed by atoms with van der Waals surface area (Å²) < 4.78 is 14.3. The molecule has 1 amide bonds. The number of hydrogen-bond acceptors (Lipinski definition) is 6. The molecule has 5 nitrogen and oxygen atoms in total. The lowest BCUT2D eigenvalue weighted by Crippen LogP contribution is -2.43. The Kier molecular flexibility index (Phi) is 6.56. The molecule has 0 saturated heterocycles. The largest absolute Gasteiger partial charge is 0.337 e. The molecule has 1 heterocycles.